The van der Waals surface area contributed by atoms with Crippen LogP contribution in [0, 0.1) is 5.92 Å². The Morgan fingerprint density at radius 1 is 1.13 bits per heavy atom. The molecule has 1 aliphatic carbocycles. The largest absolute Gasteiger partial charge is 0.395 e. The molecule has 0 unspecified atom stereocenters. The average Bonchev–Trinajstić information content (AvgIpc) is 3.54. The summed E-state index contributed by atoms with van der Waals surface area (Å²) in [5.41, 5.74) is 7.87. The Morgan fingerprint density at radius 2 is 1.90 bits per heavy atom. The number of aromatic nitrogens is 6. The molecule has 4 heterocycles. The summed E-state index contributed by atoms with van der Waals surface area (Å²) < 4.78 is 7.63. The number of hydrogen-bond acceptors (Lipinski definition) is 10. The number of nitrogens with two attached hydrogens (primary N) is 1. The second-order valence-electron chi connectivity index (χ2n) is 7.61. The van der Waals surface area contributed by atoms with Crippen molar-refractivity contribution in [2.24, 2.45) is 5.92 Å². The van der Waals surface area contributed by atoms with Crippen molar-refractivity contribution in [1.82, 2.24) is 29.5 Å². The van der Waals surface area contributed by atoms with Crippen LogP contribution in [0.1, 0.15) is 12.8 Å². The Balaban J connectivity index is 1.67. The van der Waals surface area contributed by atoms with Gasteiger partial charge >= 0.3 is 0 Å². The van der Waals surface area contributed by atoms with Gasteiger partial charge < -0.3 is 25.8 Å². The minimum absolute atomic E-state index is 0.0304. The molecule has 3 aromatic heterocycles. The maximum Gasteiger partial charge on any atom is 0.219 e. The summed E-state index contributed by atoms with van der Waals surface area (Å²) in [6, 6.07) is 0. The van der Waals surface area contributed by atoms with Crippen molar-refractivity contribution in [3.05, 3.63) is 12.4 Å². The first-order valence-electron chi connectivity index (χ1n) is 10.3. The van der Waals surface area contributed by atoms with Crippen LogP contribution in [0.5, 0.6) is 0 Å². The Labute approximate surface area is 173 Å². The monoisotopic (exact) mass is 411 g/mol. The van der Waals surface area contributed by atoms with Crippen LogP contribution >= 0.6 is 0 Å². The van der Waals surface area contributed by atoms with Crippen LogP contribution < -0.4 is 16.0 Å². The lowest BCUT2D eigenvalue weighted by molar-refractivity contribution is 0.122. The SMILES string of the molecule is Nc1ncc(-c2nc(N3CCOCC3)c3nc(NCCO)n(CC4CC4)c3n2)cn1. The molecule has 11 nitrogen and oxygen atoms in total. The van der Waals surface area contributed by atoms with Crippen LogP contribution in [0.2, 0.25) is 0 Å². The van der Waals surface area contributed by atoms with Crippen molar-refractivity contribution in [2.45, 2.75) is 19.4 Å². The zero-order valence-electron chi connectivity index (χ0n) is 16.7. The smallest absolute Gasteiger partial charge is 0.219 e. The van der Waals surface area contributed by atoms with E-state index in [1.807, 2.05) is 0 Å². The summed E-state index contributed by atoms with van der Waals surface area (Å²) in [6.07, 6.45) is 5.69. The Bertz CT molecular complexity index is 1030. The molecular weight excluding hydrogens is 386 g/mol. The molecule has 1 aliphatic heterocycles. The van der Waals surface area contributed by atoms with Gasteiger partial charge in [-0.15, -0.1) is 0 Å². The van der Waals surface area contributed by atoms with E-state index in [0.717, 1.165) is 36.6 Å². The first-order valence-corrected chi connectivity index (χ1v) is 10.3. The number of anilines is 3. The summed E-state index contributed by atoms with van der Waals surface area (Å²) in [4.78, 5) is 24.9. The van der Waals surface area contributed by atoms with Crippen LogP contribution in [-0.4, -0.2) is 74.0 Å². The minimum atomic E-state index is 0.0304. The van der Waals surface area contributed by atoms with E-state index in [0.29, 0.717) is 43.0 Å². The standard InChI is InChI=1S/C19H25N9O2/c20-18-22-9-13(10-23-18)15-25-16(27-4-7-30-8-5-27)14-17(26-15)28(11-12-1-2-12)19(24-14)21-3-6-29/h9-10,12,29H,1-8,11H2,(H,21,24)(H2,20,22,23). The maximum atomic E-state index is 9.29. The third-order valence-electron chi connectivity index (χ3n) is 5.35. The van der Waals surface area contributed by atoms with Crippen molar-refractivity contribution in [3.63, 3.8) is 0 Å². The topological polar surface area (TPSA) is 140 Å². The molecule has 30 heavy (non-hydrogen) atoms. The number of ether oxygens (including phenoxy) is 1. The average molecular weight is 411 g/mol. The molecule has 4 N–H and O–H groups in total. The molecule has 1 saturated carbocycles. The van der Waals surface area contributed by atoms with Crippen molar-refractivity contribution in [3.8, 4) is 11.4 Å². The van der Waals surface area contributed by atoms with E-state index in [1.165, 1.54) is 12.8 Å². The van der Waals surface area contributed by atoms with Gasteiger partial charge in [-0.1, -0.05) is 0 Å². The highest BCUT2D eigenvalue weighted by molar-refractivity contribution is 5.88. The molecule has 5 rings (SSSR count). The fourth-order valence-corrected chi connectivity index (χ4v) is 3.60. The van der Waals surface area contributed by atoms with E-state index in [4.69, 9.17) is 25.4 Å². The van der Waals surface area contributed by atoms with Crippen LogP contribution in [0.4, 0.5) is 17.7 Å². The van der Waals surface area contributed by atoms with Gasteiger partial charge in [0.2, 0.25) is 11.9 Å². The van der Waals surface area contributed by atoms with Gasteiger partial charge in [0, 0.05) is 38.6 Å². The zero-order valence-corrected chi connectivity index (χ0v) is 16.7. The Kier molecular flexibility index (Phi) is 5.05. The van der Waals surface area contributed by atoms with Crippen molar-refractivity contribution in [1.29, 1.82) is 0 Å². The summed E-state index contributed by atoms with van der Waals surface area (Å²) in [5, 5.41) is 12.5. The fourth-order valence-electron chi connectivity index (χ4n) is 3.60. The zero-order chi connectivity index (χ0) is 20.5. The van der Waals surface area contributed by atoms with Gasteiger partial charge in [-0.25, -0.2) is 24.9 Å². The molecule has 3 aromatic rings. The molecule has 0 bridgehead atoms. The molecule has 158 valence electrons. The molecule has 0 radical (unpaired) electrons. The third kappa shape index (κ3) is 3.73. The Hall–Kier alpha value is -3.05. The van der Waals surface area contributed by atoms with Crippen molar-refractivity contribution in [2.75, 3.05) is 55.4 Å². The number of nitrogen functional groups attached to an aromatic ring is 1. The summed E-state index contributed by atoms with van der Waals surface area (Å²) >= 11 is 0. The molecule has 0 atom stereocenters. The molecule has 11 heteroatoms. The number of rotatable bonds is 7. The number of aliphatic hydroxyl groups excluding tert-OH is 1. The highest BCUT2D eigenvalue weighted by atomic mass is 16.5. The number of fused-ring (bicyclic) bond motifs is 1. The van der Waals surface area contributed by atoms with Gasteiger partial charge in [0.1, 0.15) is 0 Å². The molecule has 0 aromatic carbocycles. The fraction of sp³-hybridized carbons (Fsp3) is 0.526. The minimum Gasteiger partial charge on any atom is -0.395 e. The lowest BCUT2D eigenvalue weighted by Gasteiger charge is -2.28. The molecule has 1 saturated heterocycles. The first kappa shape index (κ1) is 18.9. The molecule has 2 fully saturated rings. The molecular formula is C19H25N9O2. The number of aliphatic hydroxyl groups is 1. The summed E-state index contributed by atoms with van der Waals surface area (Å²) in [5.74, 6) is 2.86. The van der Waals surface area contributed by atoms with Gasteiger partial charge in [-0.3, -0.25) is 4.57 Å². The second kappa shape index (κ2) is 8.00. The van der Waals surface area contributed by atoms with Gasteiger partial charge in [-0.05, 0) is 18.8 Å². The summed E-state index contributed by atoms with van der Waals surface area (Å²) in [7, 11) is 0. The predicted molar refractivity (Wildman–Crippen MR) is 112 cm³/mol. The van der Waals surface area contributed by atoms with Crippen molar-refractivity contribution >= 4 is 28.9 Å². The maximum absolute atomic E-state index is 9.29. The lowest BCUT2D eigenvalue weighted by atomic mass is 10.3. The number of imidazole rings is 1. The van der Waals surface area contributed by atoms with E-state index in [1.54, 1.807) is 12.4 Å². The number of nitrogens with zero attached hydrogens (tertiary/aromatic N) is 7. The van der Waals surface area contributed by atoms with Crippen LogP contribution in [0.3, 0.4) is 0 Å². The molecule has 0 spiro atoms. The van der Waals surface area contributed by atoms with E-state index >= 15 is 0 Å². The second-order valence-corrected chi connectivity index (χ2v) is 7.61. The third-order valence-corrected chi connectivity index (χ3v) is 5.35. The van der Waals surface area contributed by atoms with Gasteiger partial charge in [-0.2, -0.15) is 0 Å². The lowest BCUT2D eigenvalue weighted by Crippen LogP contribution is -2.37. The highest BCUT2D eigenvalue weighted by Crippen LogP contribution is 2.35. The highest BCUT2D eigenvalue weighted by Gasteiger charge is 2.28. The number of morpholine rings is 1. The quantitative estimate of drug-likeness (QED) is 0.504. The van der Waals surface area contributed by atoms with Gasteiger partial charge in [0.15, 0.2) is 22.8 Å². The summed E-state index contributed by atoms with van der Waals surface area (Å²) in [6.45, 7) is 4.04. The molecule has 0 amide bonds. The van der Waals surface area contributed by atoms with Crippen LogP contribution in [0.15, 0.2) is 12.4 Å². The number of hydrogen-bond donors (Lipinski definition) is 3. The van der Waals surface area contributed by atoms with E-state index in [2.05, 4.69) is 24.8 Å². The molecule has 2 aliphatic rings. The normalized spacial score (nSPS) is 16.9. The van der Waals surface area contributed by atoms with Gasteiger partial charge in [0.25, 0.3) is 0 Å². The number of nitrogens with one attached hydrogen (secondary N) is 1. The Morgan fingerprint density at radius 3 is 2.60 bits per heavy atom. The van der Waals surface area contributed by atoms with Crippen molar-refractivity contribution < 1.29 is 9.84 Å². The van der Waals surface area contributed by atoms with E-state index < -0.39 is 0 Å². The van der Waals surface area contributed by atoms with Crippen LogP contribution in [0.25, 0.3) is 22.6 Å². The first-order chi connectivity index (χ1) is 14.7. The van der Waals surface area contributed by atoms with Gasteiger partial charge in [0.05, 0.1) is 25.4 Å². The van der Waals surface area contributed by atoms with E-state index in [-0.39, 0.29) is 12.6 Å². The van der Waals surface area contributed by atoms with E-state index in [9.17, 15) is 5.11 Å². The predicted octanol–water partition coefficient (Wildman–Crippen LogP) is 0.516. The van der Waals surface area contributed by atoms with Crippen LogP contribution in [-0.2, 0) is 11.3 Å².